The number of hydrogen-bond donors (Lipinski definition) is 0. The molecule has 0 saturated carbocycles. The largest absolute Gasteiger partial charge is 0.298 e. The van der Waals surface area contributed by atoms with E-state index in [1.807, 2.05) is 6.92 Å². The molecule has 0 aliphatic rings. The number of halogens is 1. The first-order valence-electron chi connectivity index (χ1n) is 7.42. The molecule has 0 atom stereocenters. The van der Waals surface area contributed by atoms with Crippen molar-refractivity contribution in [2.24, 2.45) is 0 Å². The van der Waals surface area contributed by atoms with Crippen LogP contribution in [0, 0.1) is 12.7 Å². The van der Waals surface area contributed by atoms with Crippen molar-refractivity contribution in [3.63, 3.8) is 0 Å². The van der Waals surface area contributed by atoms with Crippen molar-refractivity contribution < 1.29 is 14.0 Å². The quantitative estimate of drug-likeness (QED) is 0.534. The second kappa shape index (κ2) is 6.19. The summed E-state index contributed by atoms with van der Waals surface area (Å²) in [6.45, 7) is 4.32. The number of carbonyl (C=O) groups excluding carboxylic acids is 2. The summed E-state index contributed by atoms with van der Waals surface area (Å²) in [5, 5.41) is 8.38. The fraction of sp³-hybridized carbons (Fsp3) is 0.176. The first kappa shape index (κ1) is 15.8. The molecule has 0 fully saturated rings. The van der Waals surface area contributed by atoms with Gasteiger partial charge in [0.15, 0.2) is 6.29 Å². The lowest BCUT2D eigenvalue weighted by Gasteiger charge is -2.08. The van der Waals surface area contributed by atoms with Crippen LogP contribution in [-0.4, -0.2) is 31.6 Å². The first-order valence-corrected chi connectivity index (χ1v) is 7.42. The second-order valence-electron chi connectivity index (χ2n) is 5.32. The van der Waals surface area contributed by atoms with Crippen molar-refractivity contribution in [1.29, 1.82) is 0 Å². The first-order chi connectivity index (χ1) is 11.5. The van der Waals surface area contributed by atoms with Gasteiger partial charge in [0.05, 0.1) is 23.1 Å². The molecule has 0 bridgehead atoms. The minimum absolute atomic E-state index is 0.122. The maximum Gasteiger partial charge on any atom is 0.214 e. The van der Waals surface area contributed by atoms with E-state index in [2.05, 4.69) is 10.2 Å². The Labute approximate surface area is 137 Å². The molecule has 7 heteroatoms. The number of nitrogens with zero attached hydrogens (tertiary/aromatic N) is 4. The Morgan fingerprint density at radius 2 is 2.12 bits per heavy atom. The minimum atomic E-state index is -0.526. The molecule has 0 aliphatic carbocycles. The van der Waals surface area contributed by atoms with Gasteiger partial charge in [-0.3, -0.25) is 14.3 Å². The Morgan fingerprint density at radius 1 is 1.33 bits per heavy atom. The van der Waals surface area contributed by atoms with Crippen molar-refractivity contribution >= 4 is 12.1 Å². The highest BCUT2D eigenvalue weighted by Crippen LogP contribution is 2.20. The van der Waals surface area contributed by atoms with Crippen molar-refractivity contribution in [2.75, 3.05) is 0 Å². The van der Waals surface area contributed by atoms with E-state index in [9.17, 15) is 14.0 Å². The Bertz CT molecular complexity index is 927. The number of aryl methyl sites for hydroxylation is 2. The lowest BCUT2D eigenvalue weighted by Crippen LogP contribution is -2.11. The topological polar surface area (TPSA) is 69.8 Å². The number of hydrogen-bond acceptors (Lipinski definition) is 4. The third-order valence-electron chi connectivity index (χ3n) is 3.63. The summed E-state index contributed by atoms with van der Waals surface area (Å²) >= 11 is 0. The van der Waals surface area contributed by atoms with Gasteiger partial charge < -0.3 is 0 Å². The molecule has 0 amide bonds. The molecule has 0 spiro atoms. The molecule has 6 nitrogen and oxygen atoms in total. The SMILES string of the molecule is CCn1cc(C(=O)c2cc(C)nn2-c2ccc(F)cc2C=O)cn1. The molecule has 122 valence electrons. The maximum atomic E-state index is 13.4. The summed E-state index contributed by atoms with van der Waals surface area (Å²) in [5.74, 6) is -0.793. The zero-order valence-corrected chi connectivity index (χ0v) is 13.2. The van der Waals surface area contributed by atoms with E-state index in [0.29, 0.717) is 29.8 Å². The highest BCUT2D eigenvalue weighted by Gasteiger charge is 2.20. The van der Waals surface area contributed by atoms with Gasteiger partial charge in [-0.1, -0.05) is 0 Å². The summed E-state index contributed by atoms with van der Waals surface area (Å²) in [6.07, 6.45) is 3.68. The lowest BCUT2D eigenvalue weighted by atomic mass is 10.1. The number of carbonyl (C=O) groups is 2. The average Bonchev–Trinajstić information content (AvgIpc) is 3.20. The Kier molecular flexibility index (Phi) is 4.07. The number of aromatic nitrogens is 4. The van der Waals surface area contributed by atoms with Crippen LogP contribution in [0.1, 0.15) is 39.0 Å². The standard InChI is InChI=1S/C17H15FN4O2/c1-3-21-9-13(8-19-21)17(24)16-6-11(2)20-22(16)15-5-4-14(18)7-12(15)10-23/h4-10H,3H2,1-2H3. The normalized spacial score (nSPS) is 10.8. The van der Waals surface area contributed by atoms with Crippen LogP contribution in [0.3, 0.4) is 0 Å². The molecular weight excluding hydrogens is 311 g/mol. The van der Waals surface area contributed by atoms with E-state index in [0.717, 1.165) is 6.07 Å². The van der Waals surface area contributed by atoms with E-state index >= 15 is 0 Å². The molecule has 0 radical (unpaired) electrons. The Hall–Kier alpha value is -3.09. The Balaban J connectivity index is 2.11. The summed E-state index contributed by atoms with van der Waals surface area (Å²) in [4.78, 5) is 24.0. The van der Waals surface area contributed by atoms with Gasteiger partial charge in [0.2, 0.25) is 5.78 Å². The molecule has 24 heavy (non-hydrogen) atoms. The van der Waals surface area contributed by atoms with E-state index in [4.69, 9.17) is 0 Å². The van der Waals surface area contributed by atoms with Crippen LogP contribution in [0.4, 0.5) is 4.39 Å². The summed E-state index contributed by atoms with van der Waals surface area (Å²) in [5.41, 5.74) is 1.80. The second-order valence-corrected chi connectivity index (χ2v) is 5.32. The maximum absolute atomic E-state index is 13.4. The molecule has 0 unspecified atom stereocenters. The molecule has 0 N–H and O–H groups in total. The zero-order chi connectivity index (χ0) is 17.3. The van der Waals surface area contributed by atoms with E-state index in [1.54, 1.807) is 23.9 Å². The van der Waals surface area contributed by atoms with Gasteiger partial charge in [-0.15, -0.1) is 0 Å². The van der Waals surface area contributed by atoms with Crippen LogP contribution in [0.15, 0.2) is 36.7 Å². The molecular formula is C17H15FN4O2. The van der Waals surface area contributed by atoms with Gasteiger partial charge in [0.25, 0.3) is 0 Å². The van der Waals surface area contributed by atoms with Crippen LogP contribution in [-0.2, 0) is 6.54 Å². The summed E-state index contributed by atoms with van der Waals surface area (Å²) in [6, 6.07) is 5.40. The van der Waals surface area contributed by atoms with Crippen LogP contribution < -0.4 is 0 Å². The van der Waals surface area contributed by atoms with Crippen LogP contribution >= 0.6 is 0 Å². The van der Waals surface area contributed by atoms with Crippen LogP contribution in [0.2, 0.25) is 0 Å². The third kappa shape index (κ3) is 2.76. The highest BCUT2D eigenvalue weighted by molar-refractivity contribution is 6.08. The van der Waals surface area contributed by atoms with Crippen molar-refractivity contribution in [3.05, 3.63) is 65.0 Å². The smallest absolute Gasteiger partial charge is 0.214 e. The molecule has 3 rings (SSSR count). The predicted octanol–water partition coefficient (Wildman–Crippen LogP) is 2.58. The third-order valence-corrected chi connectivity index (χ3v) is 3.63. The van der Waals surface area contributed by atoms with Gasteiger partial charge in [0.1, 0.15) is 11.5 Å². The zero-order valence-electron chi connectivity index (χ0n) is 13.2. The van der Waals surface area contributed by atoms with E-state index < -0.39 is 5.82 Å². The van der Waals surface area contributed by atoms with Crippen LogP contribution in [0.5, 0.6) is 0 Å². The van der Waals surface area contributed by atoms with Gasteiger partial charge in [0, 0.05) is 18.3 Å². The van der Waals surface area contributed by atoms with Gasteiger partial charge in [-0.05, 0) is 38.1 Å². The number of benzene rings is 1. The van der Waals surface area contributed by atoms with Gasteiger partial charge >= 0.3 is 0 Å². The number of aldehydes is 1. The van der Waals surface area contributed by atoms with E-state index in [-0.39, 0.29) is 17.0 Å². The van der Waals surface area contributed by atoms with E-state index in [1.165, 1.54) is 23.0 Å². The van der Waals surface area contributed by atoms with Crippen LogP contribution in [0.25, 0.3) is 5.69 Å². The fourth-order valence-electron chi connectivity index (χ4n) is 2.46. The van der Waals surface area contributed by atoms with Crippen molar-refractivity contribution in [3.8, 4) is 5.69 Å². The molecule has 2 heterocycles. The molecule has 1 aromatic carbocycles. The molecule has 3 aromatic rings. The van der Waals surface area contributed by atoms with Gasteiger partial charge in [-0.25, -0.2) is 9.07 Å². The number of rotatable bonds is 5. The Morgan fingerprint density at radius 3 is 2.79 bits per heavy atom. The fourth-order valence-corrected chi connectivity index (χ4v) is 2.46. The molecule has 0 aliphatic heterocycles. The predicted molar refractivity (Wildman–Crippen MR) is 85.0 cm³/mol. The van der Waals surface area contributed by atoms with Gasteiger partial charge in [-0.2, -0.15) is 10.2 Å². The summed E-state index contributed by atoms with van der Waals surface area (Å²) < 4.78 is 16.4. The lowest BCUT2D eigenvalue weighted by molar-refractivity contribution is 0.103. The molecule has 2 aromatic heterocycles. The highest BCUT2D eigenvalue weighted by atomic mass is 19.1. The summed E-state index contributed by atoms with van der Waals surface area (Å²) in [7, 11) is 0. The molecule has 0 saturated heterocycles. The number of ketones is 1. The monoisotopic (exact) mass is 326 g/mol. The average molecular weight is 326 g/mol. The van der Waals surface area contributed by atoms with Crippen molar-refractivity contribution in [1.82, 2.24) is 19.6 Å². The van der Waals surface area contributed by atoms with Crippen molar-refractivity contribution in [2.45, 2.75) is 20.4 Å². The minimum Gasteiger partial charge on any atom is -0.298 e.